The number of unbranched alkanes of at least 4 members (excludes halogenated alkanes) is 1. The highest BCUT2D eigenvalue weighted by Gasteiger charge is 2.03. The van der Waals surface area contributed by atoms with Crippen molar-refractivity contribution < 1.29 is 14.6 Å². The van der Waals surface area contributed by atoms with Crippen LogP contribution < -0.4 is 0 Å². The zero-order valence-corrected chi connectivity index (χ0v) is 10.7. The number of hydrogen-bond acceptors (Lipinski definition) is 4. The third-order valence-corrected chi connectivity index (χ3v) is 3.10. The van der Waals surface area contributed by atoms with Gasteiger partial charge in [-0.05, 0) is 18.6 Å². The van der Waals surface area contributed by atoms with E-state index in [9.17, 15) is 5.11 Å². The summed E-state index contributed by atoms with van der Waals surface area (Å²) >= 11 is 1.76. The van der Waals surface area contributed by atoms with Crippen LogP contribution in [0.1, 0.15) is 26.2 Å². The summed E-state index contributed by atoms with van der Waals surface area (Å²) in [6, 6.07) is 0. The van der Waals surface area contributed by atoms with Crippen LogP contribution in [0.3, 0.4) is 0 Å². The minimum absolute atomic E-state index is 0.325. The Hall–Kier alpha value is 0.230. The Morgan fingerprint density at radius 3 is 2.73 bits per heavy atom. The minimum Gasteiger partial charge on any atom is -0.390 e. The van der Waals surface area contributed by atoms with Crippen LogP contribution in [0.5, 0.6) is 0 Å². The van der Waals surface area contributed by atoms with Crippen molar-refractivity contribution in [2.45, 2.75) is 32.3 Å². The van der Waals surface area contributed by atoms with Crippen molar-refractivity contribution in [3.8, 4) is 0 Å². The van der Waals surface area contributed by atoms with Crippen molar-refractivity contribution >= 4 is 11.8 Å². The fraction of sp³-hybridized carbons (Fsp3) is 1.00. The van der Waals surface area contributed by atoms with E-state index in [1.54, 1.807) is 18.9 Å². The van der Waals surface area contributed by atoms with Gasteiger partial charge >= 0.3 is 0 Å². The van der Waals surface area contributed by atoms with Crippen LogP contribution in [0.25, 0.3) is 0 Å². The van der Waals surface area contributed by atoms with E-state index >= 15 is 0 Å². The maximum atomic E-state index is 9.53. The molecule has 0 aromatic carbocycles. The number of thioether (sulfide) groups is 1. The van der Waals surface area contributed by atoms with E-state index in [0.29, 0.717) is 6.61 Å². The van der Waals surface area contributed by atoms with E-state index in [1.807, 2.05) is 0 Å². The molecule has 0 aliphatic heterocycles. The fourth-order valence-corrected chi connectivity index (χ4v) is 1.90. The van der Waals surface area contributed by atoms with E-state index in [1.165, 1.54) is 0 Å². The average Bonchev–Trinajstić information content (AvgIpc) is 2.24. The van der Waals surface area contributed by atoms with Crippen molar-refractivity contribution in [3.63, 3.8) is 0 Å². The molecule has 0 aliphatic rings. The van der Waals surface area contributed by atoms with Gasteiger partial charge in [0, 0.05) is 26.1 Å². The third-order valence-electron chi connectivity index (χ3n) is 1.90. The molecule has 0 aliphatic carbocycles. The zero-order chi connectivity index (χ0) is 11.4. The molecular formula is C11H24O3S. The average molecular weight is 236 g/mol. The number of rotatable bonds is 11. The van der Waals surface area contributed by atoms with Crippen molar-refractivity contribution in [2.75, 3.05) is 38.4 Å². The second kappa shape index (κ2) is 12.3. The molecule has 0 saturated heterocycles. The summed E-state index contributed by atoms with van der Waals surface area (Å²) in [5.74, 6) is 1.80. The van der Waals surface area contributed by atoms with Gasteiger partial charge in [-0.1, -0.05) is 13.3 Å². The first-order valence-corrected chi connectivity index (χ1v) is 6.79. The lowest BCUT2D eigenvalue weighted by Crippen LogP contribution is -2.18. The number of aliphatic hydroxyl groups is 1. The van der Waals surface area contributed by atoms with Crippen LogP contribution >= 0.6 is 11.8 Å². The smallest absolute Gasteiger partial charge is 0.0863 e. The molecule has 0 amide bonds. The second-order valence-corrected chi connectivity index (χ2v) is 4.65. The molecule has 92 valence electrons. The van der Waals surface area contributed by atoms with Crippen LogP contribution in [0, 0.1) is 0 Å². The molecule has 4 heteroatoms. The second-order valence-electron chi connectivity index (χ2n) is 3.50. The first kappa shape index (κ1) is 15.2. The van der Waals surface area contributed by atoms with Crippen LogP contribution in [-0.4, -0.2) is 49.6 Å². The normalized spacial score (nSPS) is 13.0. The van der Waals surface area contributed by atoms with Gasteiger partial charge < -0.3 is 14.6 Å². The molecule has 0 rings (SSSR count). The van der Waals surface area contributed by atoms with Gasteiger partial charge in [0.15, 0.2) is 0 Å². The van der Waals surface area contributed by atoms with Crippen molar-refractivity contribution in [1.82, 2.24) is 0 Å². The topological polar surface area (TPSA) is 38.7 Å². The zero-order valence-electron chi connectivity index (χ0n) is 9.91. The molecule has 3 nitrogen and oxygen atoms in total. The van der Waals surface area contributed by atoms with Crippen molar-refractivity contribution in [2.24, 2.45) is 0 Å². The first-order valence-electron chi connectivity index (χ1n) is 5.63. The van der Waals surface area contributed by atoms with Crippen LogP contribution in [0.15, 0.2) is 0 Å². The summed E-state index contributed by atoms with van der Waals surface area (Å²) in [6.07, 6.45) is 2.94. The highest BCUT2D eigenvalue weighted by atomic mass is 32.2. The van der Waals surface area contributed by atoms with Crippen molar-refractivity contribution in [1.29, 1.82) is 0 Å². The predicted octanol–water partition coefficient (Wildman–Crippen LogP) is 1.93. The van der Waals surface area contributed by atoms with E-state index in [4.69, 9.17) is 9.47 Å². The standard InChI is InChI=1S/C11H24O3S/c1-3-4-7-14-9-11(12)10-15-8-5-6-13-2/h11-12H,3-10H2,1-2H3. The Balaban J connectivity index is 3.08. The summed E-state index contributed by atoms with van der Waals surface area (Å²) in [6.45, 7) is 4.17. The van der Waals surface area contributed by atoms with Crippen LogP contribution in [-0.2, 0) is 9.47 Å². The minimum atomic E-state index is -0.325. The van der Waals surface area contributed by atoms with Gasteiger partial charge in [-0.25, -0.2) is 0 Å². The SMILES string of the molecule is CCCCOCC(O)CSCCCOC. The Morgan fingerprint density at radius 2 is 2.07 bits per heavy atom. The van der Waals surface area contributed by atoms with E-state index in [0.717, 1.165) is 44.0 Å². The van der Waals surface area contributed by atoms with Crippen molar-refractivity contribution in [3.05, 3.63) is 0 Å². The molecule has 0 bridgehead atoms. The largest absolute Gasteiger partial charge is 0.390 e. The summed E-state index contributed by atoms with van der Waals surface area (Å²) in [4.78, 5) is 0. The molecule has 1 N–H and O–H groups in total. The van der Waals surface area contributed by atoms with Gasteiger partial charge in [0.1, 0.15) is 0 Å². The summed E-state index contributed by atoms with van der Waals surface area (Å²) in [5.41, 5.74) is 0. The monoisotopic (exact) mass is 236 g/mol. The molecular weight excluding hydrogens is 212 g/mol. The number of aliphatic hydroxyl groups excluding tert-OH is 1. The molecule has 0 spiro atoms. The first-order chi connectivity index (χ1) is 7.31. The summed E-state index contributed by atoms with van der Waals surface area (Å²) in [7, 11) is 1.71. The molecule has 0 aromatic rings. The fourth-order valence-electron chi connectivity index (χ4n) is 1.04. The predicted molar refractivity (Wildman–Crippen MR) is 65.6 cm³/mol. The summed E-state index contributed by atoms with van der Waals surface area (Å²) in [5, 5.41) is 9.53. The molecule has 0 radical (unpaired) electrons. The van der Waals surface area contributed by atoms with E-state index in [-0.39, 0.29) is 6.10 Å². The molecule has 1 unspecified atom stereocenters. The van der Waals surface area contributed by atoms with Gasteiger partial charge in [-0.3, -0.25) is 0 Å². The Labute approximate surface area is 97.5 Å². The number of hydrogen-bond donors (Lipinski definition) is 1. The van der Waals surface area contributed by atoms with Gasteiger partial charge in [0.25, 0.3) is 0 Å². The number of methoxy groups -OCH3 is 1. The maximum absolute atomic E-state index is 9.53. The van der Waals surface area contributed by atoms with E-state index in [2.05, 4.69) is 6.92 Å². The quantitative estimate of drug-likeness (QED) is 0.556. The number of ether oxygens (including phenoxy) is 2. The Kier molecular flexibility index (Phi) is 12.5. The summed E-state index contributed by atoms with van der Waals surface area (Å²) < 4.78 is 10.3. The highest BCUT2D eigenvalue weighted by molar-refractivity contribution is 7.99. The van der Waals surface area contributed by atoms with Gasteiger partial charge in [-0.2, -0.15) is 11.8 Å². The highest BCUT2D eigenvalue weighted by Crippen LogP contribution is 2.05. The molecule has 0 aromatic heterocycles. The lowest BCUT2D eigenvalue weighted by atomic mass is 10.3. The Bertz CT molecular complexity index is 122. The molecule has 0 fully saturated rings. The third kappa shape index (κ3) is 12.2. The maximum Gasteiger partial charge on any atom is 0.0863 e. The Morgan fingerprint density at radius 1 is 1.27 bits per heavy atom. The molecule has 15 heavy (non-hydrogen) atoms. The lowest BCUT2D eigenvalue weighted by Gasteiger charge is -2.10. The van der Waals surface area contributed by atoms with E-state index < -0.39 is 0 Å². The molecule has 0 heterocycles. The van der Waals surface area contributed by atoms with Gasteiger partial charge in [0.05, 0.1) is 12.7 Å². The van der Waals surface area contributed by atoms with Gasteiger partial charge in [0.2, 0.25) is 0 Å². The molecule has 1 atom stereocenters. The lowest BCUT2D eigenvalue weighted by molar-refractivity contribution is 0.0473. The van der Waals surface area contributed by atoms with Crippen LogP contribution in [0.2, 0.25) is 0 Å². The van der Waals surface area contributed by atoms with Crippen LogP contribution in [0.4, 0.5) is 0 Å². The molecule has 0 saturated carbocycles. The van der Waals surface area contributed by atoms with Gasteiger partial charge in [-0.15, -0.1) is 0 Å².